The van der Waals surface area contributed by atoms with E-state index in [4.69, 9.17) is 24.8 Å². The van der Waals surface area contributed by atoms with Crippen LogP contribution < -0.4 is 5.11 Å². The summed E-state index contributed by atoms with van der Waals surface area (Å²) in [5.41, 5.74) is -1.72. The van der Waals surface area contributed by atoms with E-state index in [1.54, 1.807) is 12.1 Å². The number of quaternary nitrogens is 1. The molecule has 0 aromatic carbocycles. The Labute approximate surface area is 230 Å². The summed E-state index contributed by atoms with van der Waals surface area (Å²) in [4.78, 5) is 33.7. The number of rotatable bonds is 7. The van der Waals surface area contributed by atoms with Gasteiger partial charge in [-0.05, 0) is 22.9 Å². The lowest BCUT2D eigenvalue weighted by atomic mass is 9.95. The SMILES string of the molecule is Br.C[N+]1(C)[C@@H]2CC(OC(=O)C(O)(c3cccs3)c3cccs3)C[C@H]1[C@@H]1O[C@@H]12.O=C([O-])C(O)C(O)C(=O)O. The third-order valence-electron chi connectivity index (χ3n) is 7.16. The number of likely N-dealkylation sites (N-methyl/N-ethyl adjacent to an activating group) is 1. The van der Waals surface area contributed by atoms with Crippen LogP contribution in [0.2, 0.25) is 0 Å². The Morgan fingerprint density at radius 2 is 1.54 bits per heavy atom. The van der Waals surface area contributed by atoms with E-state index >= 15 is 0 Å². The molecule has 3 unspecified atom stereocenters. The summed E-state index contributed by atoms with van der Waals surface area (Å²) in [7, 11) is 4.49. The Bertz CT molecular complexity index is 1040. The molecule has 2 aromatic rings. The highest BCUT2D eigenvalue weighted by atomic mass is 79.9. The smallest absolute Gasteiger partial charge is 0.349 e. The highest BCUT2D eigenvalue weighted by molar-refractivity contribution is 8.93. The number of carbonyl (C=O) groups excluding carboxylic acids is 2. The molecular weight excluding hydrogens is 594 g/mol. The van der Waals surface area contributed by atoms with Gasteiger partial charge in [0.15, 0.2) is 6.10 Å². The lowest BCUT2D eigenvalue weighted by Crippen LogP contribution is -2.60. The van der Waals surface area contributed by atoms with Crippen molar-refractivity contribution in [3.05, 3.63) is 44.8 Å². The second-order valence-electron chi connectivity index (χ2n) is 9.54. The Morgan fingerprint density at radius 1 is 1.05 bits per heavy atom. The summed E-state index contributed by atoms with van der Waals surface area (Å²) in [6.07, 6.45) is -2.66. The van der Waals surface area contributed by atoms with Gasteiger partial charge in [0.25, 0.3) is 0 Å². The van der Waals surface area contributed by atoms with Crippen LogP contribution in [0.4, 0.5) is 0 Å². The molecule has 0 saturated carbocycles. The average Bonchev–Trinajstić information content (AvgIpc) is 3.17. The first-order valence-corrected chi connectivity index (χ1v) is 12.9. The largest absolute Gasteiger partial charge is 0.547 e. The number of aliphatic carboxylic acids is 2. The minimum absolute atomic E-state index is 0. The van der Waals surface area contributed by atoms with Crippen LogP contribution in [0.15, 0.2) is 35.0 Å². The van der Waals surface area contributed by atoms with E-state index in [1.165, 1.54) is 22.7 Å². The molecule has 2 aromatic heterocycles. The van der Waals surface area contributed by atoms with E-state index in [1.807, 2.05) is 22.9 Å². The molecule has 5 rings (SSSR count). The van der Waals surface area contributed by atoms with Crippen LogP contribution in [-0.2, 0) is 29.5 Å². The summed E-state index contributed by atoms with van der Waals surface area (Å²) in [6.45, 7) is 0. The minimum atomic E-state index is -2.38. The number of carbonyl (C=O) groups is 3. The highest BCUT2D eigenvalue weighted by Gasteiger charge is 2.71. The van der Waals surface area contributed by atoms with E-state index in [0.29, 0.717) is 34.0 Å². The molecule has 3 saturated heterocycles. The van der Waals surface area contributed by atoms with Crippen LogP contribution >= 0.6 is 39.7 Å². The van der Waals surface area contributed by atoms with Gasteiger partial charge in [0.05, 0.1) is 29.8 Å². The van der Waals surface area contributed by atoms with E-state index in [0.717, 1.165) is 17.3 Å². The van der Waals surface area contributed by atoms with Gasteiger partial charge in [0, 0.05) is 12.8 Å². The van der Waals surface area contributed by atoms with E-state index < -0.39 is 35.7 Å². The third kappa shape index (κ3) is 5.47. The maximum atomic E-state index is 13.1. The molecule has 3 aliphatic heterocycles. The first-order chi connectivity index (χ1) is 16.9. The fourth-order valence-electron chi connectivity index (χ4n) is 5.09. The Balaban J connectivity index is 0.000000298. The molecule has 37 heavy (non-hydrogen) atoms. The number of aliphatic hydroxyl groups excluding tert-OH is 2. The number of carboxylic acids is 2. The predicted octanol–water partition coefficient (Wildman–Crippen LogP) is -0.534. The second-order valence-corrected chi connectivity index (χ2v) is 11.4. The summed E-state index contributed by atoms with van der Waals surface area (Å²) in [5.74, 6) is -4.39. The number of ether oxygens (including phenoxy) is 2. The van der Waals surface area contributed by atoms with Gasteiger partial charge in [-0.3, -0.25) is 0 Å². The molecule has 7 atom stereocenters. The van der Waals surface area contributed by atoms with Gasteiger partial charge in [-0.2, -0.15) is 0 Å². The summed E-state index contributed by atoms with van der Waals surface area (Å²) >= 11 is 2.74. The molecule has 0 spiro atoms. The first-order valence-electron chi connectivity index (χ1n) is 11.2. The van der Waals surface area contributed by atoms with E-state index in [-0.39, 0.29) is 23.1 Å². The van der Waals surface area contributed by atoms with Crippen molar-refractivity contribution in [1.82, 2.24) is 0 Å². The molecule has 14 heteroatoms. The number of hydrogen-bond acceptors (Lipinski definition) is 11. The van der Waals surface area contributed by atoms with Crippen molar-refractivity contribution in [2.24, 2.45) is 0 Å². The summed E-state index contributed by atoms with van der Waals surface area (Å²) in [6, 6.07) is 8.01. The number of epoxide rings is 1. The highest BCUT2D eigenvalue weighted by Crippen LogP contribution is 2.52. The molecule has 204 valence electrons. The van der Waals surface area contributed by atoms with Gasteiger partial charge in [-0.25, -0.2) is 9.59 Å². The third-order valence-corrected chi connectivity index (χ3v) is 9.11. The molecule has 0 radical (unpaired) electrons. The maximum Gasteiger partial charge on any atom is 0.349 e. The molecule has 0 aliphatic carbocycles. The normalized spacial score (nSPS) is 28.4. The van der Waals surface area contributed by atoms with Crippen LogP contribution in [0.3, 0.4) is 0 Å². The molecular formula is C23H28BrNO10S2. The topological polar surface area (TPSA) is 177 Å². The molecule has 2 bridgehead atoms. The molecule has 3 aliphatic rings. The number of morpholine rings is 1. The summed E-state index contributed by atoms with van der Waals surface area (Å²) in [5, 5.41) is 49.2. The molecule has 0 amide bonds. The van der Waals surface area contributed by atoms with Crippen molar-refractivity contribution in [3.63, 3.8) is 0 Å². The lowest BCUT2D eigenvalue weighted by Gasteiger charge is -2.45. The Kier molecular flexibility index (Phi) is 8.86. The van der Waals surface area contributed by atoms with Crippen molar-refractivity contribution in [2.45, 2.75) is 61.0 Å². The average molecular weight is 623 g/mol. The van der Waals surface area contributed by atoms with Gasteiger partial charge < -0.3 is 44.3 Å². The van der Waals surface area contributed by atoms with Crippen LogP contribution in [0, 0.1) is 0 Å². The number of aliphatic hydroxyl groups is 3. The van der Waals surface area contributed by atoms with Gasteiger partial charge in [0.2, 0.25) is 5.60 Å². The standard InChI is InChI=1S/C19H22NO4S2.C4H6O6.BrH/c1-20(2)12-9-11(10-13(20)17-16(12)24-17)23-18(21)19(22,14-5-3-7-25-14)15-6-4-8-26-15;5-1(3(7)8)2(6)4(9)10;/h3-8,11-13,16-17,22H,9-10H2,1-2H3;1-2,5-6H,(H,7,8)(H,9,10);1H/q+1;;/p-1/t11?,12-,13+,16-,17+;;. The van der Waals surface area contributed by atoms with Crippen molar-refractivity contribution >= 4 is 57.6 Å². The zero-order valence-electron chi connectivity index (χ0n) is 19.8. The van der Waals surface area contributed by atoms with Crippen LogP contribution in [0.25, 0.3) is 0 Å². The first kappa shape index (κ1) is 29.6. The Morgan fingerprint density at radius 3 is 1.89 bits per heavy atom. The van der Waals surface area contributed by atoms with Gasteiger partial charge >= 0.3 is 11.9 Å². The quantitative estimate of drug-likeness (QED) is 0.178. The van der Waals surface area contributed by atoms with Crippen molar-refractivity contribution in [1.29, 1.82) is 0 Å². The van der Waals surface area contributed by atoms with E-state index in [2.05, 4.69) is 14.1 Å². The fraction of sp³-hybridized carbons (Fsp3) is 0.522. The van der Waals surface area contributed by atoms with Crippen LogP contribution in [0.1, 0.15) is 22.6 Å². The zero-order valence-corrected chi connectivity index (χ0v) is 23.2. The Hall–Kier alpha value is -1.91. The fourth-order valence-corrected chi connectivity index (χ4v) is 6.81. The molecule has 11 nitrogen and oxygen atoms in total. The number of esters is 1. The van der Waals surface area contributed by atoms with Crippen molar-refractivity contribution < 1.29 is 53.9 Å². The summed E-state index contributed by atoms with van der Waals surface area (Å²) < 4.78 is 12.6. The second kappa shape index (κ2) is 11.1. The zero-order chi connectivity index (χ0) is 26.4. The van der Waals surface area contributed by atoms with Crippen molar-refractivity contribution in [2.75, 3.05) is 14.1 Å². The van der Waals surface area contributed by atoms with Gasteiger partial charge in [-0.15, -0.1) is 39.7 Å². The van der Waals surface area contributed by atoms with Crippen LogP contribution in [-0.4, -0.2) is 99.5 Å². The van der Waals surface area contributed by atoms with E-state index in [9.17, 15) is 24.6 Å². The number of piperidine rings is 1. The number of halogens is 1. The van der Waals surface area contributed by atoms with Crippen molar-refractivity contribution in [3.8, 4) is 0 Å². The number of hydrogen-bond donors (Lipinski definition) is 4. The number of carboxylic acid groups (broad SMARTS) is 2. The van der Waals surface area contributed by atoms with Gasteiger partial charge in [0.1, 0.15) is 36.5 Å². The van der Waals surface area contributed by atoms with Gasteiger partial charge in [-0.1, -0.05) is 12.1 Å². The molecule has 3 fully saturated rings. The molecule has 5 heterocycles. The monoisotopic (exact) mass is 621 g/mol. The minimum Gasteiger partial charge on any atom is -0.547 e. The number of fused-ring (bicyclic) bond motifs is 5. The predicted molar refractivity (Wildman–Crippen MR) is 134 cm³/mol. The number of nitrogens with zero attached hydrogens (tertiary/aromatic N) is 1. The number of thiophene rings is 2. The van der Waals surface area contributed by atoms with Crippen LogP contribution in [0.5, 0.6) is 0 Å². The molecule has 4 N–H and O–H groups in total. The lowest BCUT2D eigenvalue weighted by molar-refractivity contribution is -0.938. The maximum absolute atomic E-state index is 13.1.